The monoisotopic (exact) mass is 356 g/mol. The summed E-state index contributed by atoms with van der Waals surface area (Å²) in [6.45, 7) is 0. The van der Waals surface area contributed by atoms with Crippen molar-refractivity contribution < 1.29 is 18.1 Å². The van der Waals surface area contributed by atoms with Crippen LogP contribution in [0.2, 0.25) is 5.02 Å². The van der Waals surface area contributed by atoms with E-state index in [-0.39, 0.29) is 11.4 Å². The summed E-state index contributed by atoms with van der Waals surface area (Å²) in [5, 5.41) is 11.4. The van der Waals surface area contributed by atoms with Crippen LogP contribution in [0.25, 0.3) is 0 Å². The molecule has 0 aliphatic heterocycles. The third-order valence-electron chi connectivity index (χ3n) is 3.18. The van der Waals surface area contributed by atoms with E-state index < -0.39 is 25.5 Å². The third-order valence-corrected chi connectivity index (χ3v) is 5.23. The summed E-state index contributed by atoms with van der Waals surface area (Å²) in [6, 6.07) is 9.61. The van der Waals surface area contributed by atoms with Crippen LogP contribution in [0.4, 0.5) is 11.4 Å². The molecule has 122 valence electrons. The van der Waals surface area contributed by atoms with Crippen LogP contribution in [0, 0.1) is 10.1 Å². The standard InChI is InChI=1S/C14H13ClN2O5S/c1-16(12-9-10(15)7-8-13(12)22-2)23(20,21)14-6-4-3-5-11(14)17(18)19/h3-9H,1-2H3. The summed E-state index contributed by atoms with van der Waals surface area (Å²) in [4.78, 5) is 9.93. The number of nitrogens with zero attached hydrogens (tertiary/aromatic N) is 2. The van der Waals surface area contributed by atoms with Crippen LogP contribution >= 0.6 is 11.6 Å². The second kappa shape index (κ2) is 6.43. The zero-order chi connectivity index (χ0) is 17.2. The molecule has 0 spiro atoms. The molecule has 0 bridgehead atoms. The van der Waals surface area contributed by atoms with Gasteiger partial charge in [0.2, 0.25) is 0 Å². The van der Waals surface area contributed by atoms with Crippen LogP contribution in [-0.4, -0.2) is 27.5 Å². The number of ether oxygens (including phenoxy) is 1. The van der Waals surface area contributed by atoms with Gasteiger partial charge < -0.3 is 4.74 Å². The largest absolute Gasteiger partial charge is 0.495 e. The highest BCUT2D eigenvalue weighted by Gasteiger charge is 2.30. The molecule has 2 aromatic rings. The van der Waals surface area contributed by atoms with Crippen LogP contribution in [0.5, 0.6) is 5.75 Å². The molecule has 0 heterocycles. The minimum absolute atomic E-state index is 0.179. The minimum atomic E-state index is -4.16. The van der Waals surface area contributed by atoms with Gasteiger partial charge in [-0.3, -0.25) is 14.4 Å². The lowest BCUT2D eigenvalue weighted by Gasteiger charge is -2.21. The van der Waals surface area contributed by atoms with E-state index in [9.17, 15) is 18.5 Å². The zero-order valence-corrected chi connectivity index (χ0v) is 13.8. The average molecular weight is 357 g/mol. The van der Waals surface area contributed by atoms with E-state index in [1.807, 2.05) is 0 Å². The van der Waals surface area contributed by atoms with Crippen molar-refractivity contribution in [3.05, 3.63) is 57.6 Å². The number of para-hydroxylation sites is 1. The Labute approximate surface area is 138 Å². The Balaban J connectivity index is 2.61. The van der Waals surface area contributed by atoms with Gasteiger partial charge >= 0.3 is 0 Å². The summed E-state index contributed by atoms with van der Waals surface area (Å²) in [7, 11) is -1.50. The topological polar surface area (TPSA) is 89.8 Å². The maximum absolute atomic E-state index is 12.8. The fourth-order valence-electron chi connectivity index (χ4n) is 2.01. The Morgan fingerprint density at radius 3 is 2.48 bits per heavy atom. The number of halogens is 1. The van der Waals surface area contributed by atoms with E-state index in [1.165, 1.54) is 44.5 Å². The number of hydrogen-bond donors (Lipinski definition) is 0. The smallest absolute Gasteiger partial charge is 0.289 e. The van der Waals surface area contributed by atoms with Crippen LogP contribution in [0.1, 0.15) is 0 Å². The van der Waals surface area contributed by atoms with Crippen molar-refractivity contribution >= 4 is 33.0 Å². The SMILES string of the molecule is COc1ccc(Cl)cc1N(C)S(=O)(=O)c1ccccc1[N+](=O)[O-]. The molecular formula is C14H13ClN2O5S. The number of nitro benzene ring substituents is 1. The molecule has 0 unspecified atom stereocenters. The summed E-state index contributed by atoms with van der Waals surface area (Å²) in [5.74, 6) is 0.277. The van der Waals surface area contributed by atoms with E-state index in [0.29, 0.717) is 5.02 Å². The molecule has 7 nitrogen and oxygen atoms in total. The van der Waals surface area contributed by atoms with Crippen molar-refractivity contribution in [1.29, 1.82) is 0 Å². The minimum Gasteiger partial charge on any atom is -0.495 e. The molecule has 0 radical (unpaired) electrons. The molecule has 0 atom stereocenters. The number of nitro groups is 1. The fraction of sp³-hybridized carbons (Fsp3) is 0.143. The molecule has 23 heavy (non-hydrogen) atoms. The van der Waals surface area contributed by atoms with Gasteiger partial charge in [0.25, 0.3) is 15.7 Å². The highest BCUT2D eigenvalue weighted by molar-refractivity contribution is 7.93. The zero-order valence-electron chi connectivity index (χ0n) is 12.3. The van der Waals surface area contributed by atoms with E-state index >= 15 is 0 Å². The van der Waals surface area contributed by atoms with E-state index in [1.54, 1.807) is 6.07 Å². The van der Waals surface area contributed by atoms with Gasteiger partial charge in [-0.25, -0.2) is 8.42 Å². The summed E-state index contributed by atoms with van der Waals surface area (Å²) in [5.41, 5.74) is -0.321. The highest BCUT2D eigenvalue weighted by Crippen LogP contribution is 2.35. The van der Waals surface area contributed by atoms with Gasteiger partial charge in [0, 0.05) is 18.1 Å². The van der Waals surface area contributed by atoms with Crippen molar-refractivity contribution in [2.75, 3.05) is 18.5 Å². The molecular weight excluding hydrogens is 344 g/mol. The average Bonchev–Trinajstić information content (AvgIpc) is 2.54. The summed E-state index contributed by atoms with van der Waals surface area (Å²) < 4.78 is 31.6. The van der Waals surface area contributed by atoms with Crippen molar-refractivity contribution in [2.45, 2.75) is 4.90 Å². The lowest BCUT2D eigenvalue weighted by atomic mass is 10.3. The second-order valence-electron chi connectivity index (χ2n) is 4.51. The molecule has 0 aliphatic rings. The normalized spacial score (nSPS) is 11.1. The number of benzene rings is 2. The number of methoxy groups -OCH3 is 1. The molecule has 0 aromatic heterocycles. The number of sulfonamides is 1. The van der Waals surface area contributed by atoms with Crippen LogP contribution in [-0.2, 0) is 10.0 Å². The van der Waals surface area contributed by atoms with Crippen LogP contribution < -0.4 is 9.04 Å². The first-order chi connectivity index (χ1) is 10.8. The van der Waals surface area contributed by atoms with Gasteiger partial charge in [-0.2, -0.15) is 0 Å². The quantitative estimate of drug-likeness (QED) is 0.606. The van der Waals surface area contributed by atoms with Crippen molar-refractivity contribution in [1.82, 2.24) is 0 Å². The number of rotatable bonds is 5. The highest BCUT2D eigenvalue weighted by atomic mass is 35.5. The third kappa shape index (κ3) is 3.22. The fourth-order valence-corrected chi connectivity index (χ4v) is 3.53. The Bertz CT molecular complexity index is 854. The van der Waals surface area contributed by atoms with Gasteiger partial charge in [0.15, 0.2) is 4.90 Å². The molecule has 9 heteroatoms. The number of hydrogen-bond acceptors (Lipinski definition) is 5. The first kappa shape index (κ1) is 17.0. The lowest BCUT2D eigenvalue weighted by Crippen LogP contribution is -2.27. The van der Waals surface area contributed by atoms with E-state index in [4.69, 9.17) is 16.3 Å². The predicted molar refractivity (Wildman–Crippen MR) is 86.7 cm³/mol. The Morgan fingerprint density at radius 1 is 1.22 bits per heavy atom. The van der Waals surface area contributed by atoms with Gasteiger partial charge in [0.05, 0.1) is 17.7 Å². The molecule has 0 aliphatic carbocycles. The maximum Gasteiger partial charge on any atom is 0.289 e. The summed E-state index contributed by atoms with van der Waals surface area (Å²) >= 11 is 5.91. The van der Waals surface area contributed by atoms with Gasteiger partial charge in [-0.1, -0.05) is 23.7 Å². The Hall–Kier alpha value is -2.32. The first-order valence-electron chi connectivity index (χ1n) is 6.35. The van der Waals surface area contributed by atoms with Crippen molar-refractivity contribution in [2.24, 2.45) is 0 Å². The first-order valence-corrected chi connectivity index (χ1v) is 8.16. The van der Waals surface area contributed by atoms with Crippen LogP contribution in [0.15, 0.2) is 47.4 Å². The molecule has 2 rings (SSSR count). The van der Waals surface area contributed by atoms with E-state index in [2.05, 4.69) is 0 Å². The predicted octanol–water partition coefficient (Wildman–Crippen LogP) is 3.08. The Morgan fingerprint density at radius 2 is 1.87 bits per heavy atom. The van der Waals surface area contributed by atoms with Crippen molar-refractivity contribution in [3.8, 4) is 5.75 Å². The molecule has 0 N–H and O–H groups in total. The van der Waals surface area contributed by atoms with E-state index in [0.717, 1.165) is 10.4 Å². The summed E-state index contributed by atoms with van der Waals surface area (Å²) in [6.07, 6.45) is 0. The van der Waals surface area contributed by atoms with Gasteiger partial charge in [0.1, 0.15) is 5.75 Å². The second-order valence-corrected chi connectivity index (χ2v) is 6.89. The van der Waals surface area contributed by atoms with Gasteiger partial charge in [-0.15, -0.1) is 0 Å². The lowest BCUT2D eigenvalue weighted by molar-refractivity contribution is -0.387. The molecule has 2 aromatic carbocycles. The van der Waals surface area contributed by atoms with Gasteiger partial charge in [-0.05, 0) is 24.3 Å². The maximum atomic E-state index is 12.8. The number of anilines is 1. The molecule has 0 fully saturated rings. The molecule has 0 saturated carbocycles. The van der Waals surface area contributed by atoms with Crippen LogP contribution in [0.3, 0.4) is 0 Å². The molecule has 0 saturated heterocycles. The Kier molecular flexibility index (Phi) is 4.76. The molecule has 0 amide bonds. The van der Waals surface area contributed by atoms with Crippen molar-refractivity contribution in [3.63, 3.8) is 0 Å².